The molecule has 0 aliphatic heterocycles. The van der Waals surface area contributed by atoms with E-state index in [9.17, 15) is 0 Å². The first kappa shape index (κ1) is 14.7. The average molecular weight is 337 g/mol. The van der Waals surface area contributed by atoms with Gasteiger partial charge in [0.1, 0.15) is 12.9 Å². The zero-order chi connectivity index (χ0) is 16.4. The number of halogens is 1. The maximum absolute atomic E-state index is 6.30. The van der Waals surface area contributed by atoms with Crippen molar-refractivity contribution < 1.29 is 4.74 Å². The van der Waals surface area contributed by atoms with Crippen LogP contribution in [0.4, 0.5) is 0 Å². The van der Waals surface area contributed by atoms with Crippen LogP contribution >= 0.6 is 11.6 Å². The van der Waals surface area contributed by atoms with E-state index in [4.69, 9.17) is 16.3 Å². The minimum absolute atomic E-state index is 0.351. The molecule has 0 atom stereocenters. The molecule has 0 fully saturated rings. The molecular weight excluding hydrogens is 324 g/mol. The van der Waals surface area contributed by atoms with Crippen molar-refractivity contribution in [3.05, 3.63) is 71.9 Å². The van der Waals surface area contributed by atoms with E-state index in [2.05, 4.69) is 19.9 Å². The van der Waals surface area contributed by atoms with E-state index in [1.807, 2.05) is 42.5 Å². The fourth-order valence-electron chi connectivity index (χ4n) is 2.59. The van der Waals surface area contributed by atoms with Crippen LogP contribution in [0.3, 0.4) is 0 Å². The zero-order valence-corrected chi connectivity index (χ0v) is 13.4. The standard InChI is InChI=1S/C18H13ClN4O/c19-14-9-20-11-22-17(14)16-13-6-1-2-7-15(13)23-18(16)24-10-12-5-3-4-8-21-12/h1-9,11,23H,10H2. The van der Waals surface area contributed by atoms with Crippen molar-refractivity contribution in [3.8, 4) is 17.1 Å². The number of fused-ring (bicyclic) bond motifs is 1. The summed E-state index contributed by atoms with van der Waals surface area (Å²) in [7, 11) is 0. The van der Waals surface area contributed by atoms with Crippen LogP contribution in [0.1, 0.15) is 5.69 Å². The summed E-state index contributed by atoms with van der Waals surface area (Å²) in [5.41, 5.74) is 3.27. The molecule has 0 saturated heterocycles. The van der Waals surface area contributed by atoms with Crippen LogP contribution in [0.15, 0.2) is 61.2 Å². The normalized spacial score (nSPS) is 10.9. The highest BCUT2D eigenvalue weighted by atomic mass is 35.5. The summed E-state index contributed by atoms with van der Waals surface area (Å²) < 4.78 is 5.98. The molecule has 118 valence electrons. The van der Waals surface area contributed by atoms with Gasteiger partial charge in [0.25, 0.3) is 0 Å². The second kappa shape index (κ2) is 6.29. The van der Waals surface area contributed by atoms with E-state index < -0.39 is 0 Å². The van der Waals surface area contributed by atoms with Crippen LogP contribution < -0.4 is 4.74 Å². The first-order valence-corrected chi connectivity index (χ1v) is 7.80. The number of benzene rings is 1. The number of hydrogen-bond acceptors (Lipinski definition) is 4. The molecule has 0 aliphatic carbocycles. The number of pyridine rings is 1. The average Bonchev–Trinajstić information content (AvgIpc) is 2.99. The Kier molecular flexibility index (Phi) is 3.84. The molecule has 0 spiro atoms. The van der Waals surface area contributed by atoms with E-state index in [1.165, 1.54) is 6.33 Å². The lowest BCUT2D eigenvalue weighted by Crippen LogP contribution is -1.99. The lowest BCUT2D eigenvalue weighted by atomic mass is 10.1. The Labute approximate surface area is 143 Å². The number of nitrogens with one attached hydrogen (secondary N) is 1. The summed E-state index contributed by atoms with van der Waals surface area (Å²) >= 11 is 6.30. The van der Waals surface area contributed by atoms with Gasteiger partial charge in [0, 0.05) is 23.3 Å². The molecule has 0 unspecified atom stereocenters. The molecule has 0 saturated carbocycles. The fourth-order valence-corrected chi connectivity index (χ4v) is 2.79. The second-order valence-electron chi connectivity index (χ2n) is 5.20. The maximum atomic E-state index is 6.30. The molecule has 6 heteroatoms. The quantitative estimate of drug-likeness (QED) is 0.605. The minimum Gasteiger partial charge on any atom is -0.472 e. The largest absolute Gasteiger partial charge is 0.472 e. The third-order valence-corrected chi connectivity index (χ3v) is 3.94. The molecule has 5 nitrogen and oxygen atoms in total. The van der Waals surface area contributed by atoms with Gasteiger partial charge >= 0.3 is 0 Å². The Balaban J connectivity index is 1.80. The summed E-state index contributed by atoms with van der Waals surface area (Å²) in [6.07, 6.45) is 4.80. The lowest BCUT2D eigenvalue weighted by molar-refractivity contribution is 0.293. The van der Waals surface area contributed by atoms with Crippen molar-refractivity contribution in [3.63, 3.8) is 0 Å². The molecule has 24 heavy (non-hydrogen) atoms. The molecular formula is C18H13ClN4O. The third kappa shape index (κ3) is 2.70. The highest BCUT2D eigenvalue weighted by Crippen LogP contribution is 2.39. The van der Waals surface area contributed by atoms with E-state index in [-0.39, 0.29) is 0 Å². The Morgan fingerprint density at radius 2 is 1.92 bits per heavy atom. The third-order valence-electron chi connectivity index (χ3n) is 3.67. The topological polar surface area (TPSA) is 63.7 Å². The van der Waals surface area contributed by atoms with Gasteiger partial charge in [0.2, 0.25) is 5.88 Å². The van der Waals surface area contributed by atoms with Crippen molar-refractivity contribution in [2.45, 2.75) is 6.61 Å². The summed E-state index contributed by atoms with van der Waals surface area (Å²) in [5, 5.41) is 1.47. The van der Waals surface area contributed by atoms with E-state index in [0.29, 0.717) is 23.2 Å². The van der Waals surface area contributed by atoms with Crippen molar-refractivity contribution in [1.29, 1.82) is 0 Å². The van der Waals surface area contributed by atoms with Gasteiger partial charge in [-0.25, -0.2) is 9.97 Å². The highest BCUT2D eigenvalue weighted by molar-refractivity contribution is 6.33. The molecule has 3 aromatic heterocycles. The molecule has 3 heterocycles. The minimum atomic E-state index is 0.351. The molecule has 0 aliphatic rings. The van der Waals surface area contributed by atoms with Gasteiger partial charge in [-0.1, -0.05) is 35.9 Å². The van der Waals surface area contributed by atoms with Crippen LogP contribution in [-0.2, 0) is 6.61 Å². The first-order chi connectivity index (χ1) is 11.8. The van der Waals surface area contributed by atoms with Crippen LogP contribution in [0.5, 0.6) is 5.88 Å². The Morgan fingerprint density at radius 3 is 2.75 bits per heavy atom. The number of rotatable bonds is 4. The monoisotopic (exact) mass is 336 g/mol. The van der Waals surface area contributed by atoms with Gasteiger partial charge in [-0.3, -0.25) is 4.98 Å². The SMILES string of the molecule is Clc1cncnc1-c1c(OCc2ccccn2)[nH]c2ccccc12. The van der Waals surface area contributed by atoms with Gasteiger partial charge in [-0.05, 0) is 18.2 Å². The van der Waals surface area contributed by atoms with Gasteiger partial charge in [-0.2, -0.15) is 0 Å². The van der Waals surface area contributed by atoms with Gasteiger partial charge in [0.15, 0.2) is 0 Å². The van der Waals surface area contributed by atoms with Crippen LogP contribution in [0, 0.1) is 0 Å². The van der Waals surface area contributed by atoms with Crippen molar-refractivity contribution >= 4 is 22.5 Å². The number of H-pyrrole nitrogens is 1. The number of nitrogens with zero attached hydrogens (tertiary/aromatic N) is 3. The highest BCUT2D eigenvalue weighted by Gasteiger charge is 2.18. The molecule has 0 radical (unpaired) electrons. The first-order valence-electron chi connectivity index (χ1n) is 7.42. The van der Waals surface area contributed by atoms with Gasteiger partial charge < -0.3 is 9.72 Å². The Hall–Kier alpha value is -2.92. The van der Waals surface area contributed by atoms with Crippen molar-refractivity contribution in [1.82, 2.24) is 19.9 Å². The summed E-state index contributed by atoms with van der Waals surface area (Å²) in [6, 6.07) is 13.6. The predicted octanol–water partition coefficient (Wildman–Crippen LogP) is 4.25. The molecule has 0 bridgehead atoms. The summed E-state index contributed by atoms with van der Waals surface area (Å²) in [4.78, 5) is 15.9. The van der Waals surface area contributed by atoms with Crippen molar-refractivity contribution in [2.24, 2.45) is 0 Å². The number of hydrogen-bond donors (Lipinski definition) is 1. The molecule has 1 N–H and O–H groups in total. The smallest absolute Gasteiger partial charge is 0.202 e. The number of aromatic nitrogens is 4. The Bertz CT molecular complexity index is 985. The van der Waals surface area contributed by atoms with Crippen LogP contribution in [0.2, 0.25) is 5.02 Å². The number of para-hydroxylation sites is 1. The summed E-state index contributed by atoms with van der Waals surface area (Å²) in [5.74, 6) is 0.613. The Morgan fingerprint density at radius 1 is 1.04 bits per heavy atom. The lowest BCUT2D eigenvalue weighted by Gasteiger charge is -2.07. The molecule has 4 rings (SSSR count). The van der Waals surface area contributed by atoms with Crippen LogP contribution in [-0.4, -0.2) is 19.9 Å². The number of ether oxygens (including phenoxy) is 1. The summed E-state index contributed by atoms with van der Waals surface area (Å²) in [6.45, 7) is 0.351. The van der Waals surface area contributed by atoms with Crippen LogP contribution in [0.25, 0.3) is 22.2 Å². The molecule has 4 aromatic rings. The van der Waals surface area contributed by atoms with Gasteiger partial charge in [-0.15, -0.1) is 0 Å². The van der Waals surface area contributed by atoms with Gasteiger partial charge in [0.05, 0.1) is 22.0 Å². The van der Waals surface area contributed by atoms with E-state index in [1.54, 1.807) is 12.4 Å². The zero-order valence-electron chi connectivity index (χ0n) is 12.6. The predicted molar refractivity (Wildman–Crippen MR) is 92.9 cm³/mol. The van der Waals surface area contributed by atoms with Crippen molar-refractivity contribution in [2.75, 3.05) is 0 Å². The number of aromatic amines is 1. The second-order valence-corrected chi connectivity index (χ2v) is 5.61. The van der Waals surface area contributed by atoms with E-state index >= 15 is 0 Å². The maximum Gasteiger partial charge on any atom is 0.202 e. The molecule has 1 aromatic carbocycles. The van der Waals surface area contributed by atoms with E-state index in [0.717, 1.165) is 22.2 Å². The molecule has 0 amide bonds. The fraction of sp³-hybridized carbons (Fsp3) is 0.0556.